The van der Waals surface area contributed by atoms with Crippen LogP contribution in [0.3, 0.4) is 0 Å². The lowest BCUT2D eigenvalue weighted by Gasteiger charge is -2.24. The van der Waals surface area contributed by atoms with Gasteiger partial charge in [0, 0.05) is 5.54 Å². The van der Waals surface area contributed by atoms with Crippen molar-refractivity contribution in [2.24, 2.45) is 5.73 Å². The minimum atomic E-state index is 0.0523. The third-order valence-electron chi connectivity index (χ3n) is 8.90. The number of unbranched alkanes of at least 4 members (excludes halogenated alkanes) is 22. The van der Waals surface area contributed by atoms with Crippen LogP contribution < -0.4 is 5.73 Å². The summed E-state index contributed by atoms with van der Waals surface area (Å²) in [5.41, 5.74) is 6.69. The Labute approximate surface area is 272 Å². The van der Waals surface area contributed by atoms with Gasteiger partial charge < -0.3 is 5.73 Å². The molecule has 0 rings (SSSR count). The van der Waals surface area contributed by atoms with Gasteiger partial charge in [0.2, 0.25) is 0 Å². The average Bonchev–Trinajstić information content (AvgIpc) is 3.00. The Bertz CT molecular complexity index is 583. The lowest BCUT2D eigenvalue weighted by atomic mass is 9.89. The second-order valence-corrected chi connectivity index (χ2v) is 13.7. The van der Waals surface area contributed by atoms with Gasteiger partial charge >= 0.3 is 0 Å². The summed E-state index contributed by atoms with van der Waals surface area (Å²) in [5.74, 6) is 0. The van der Waals surface area contributed by atoms with Crippen LogP contribution in [0.5, 0.6) is 0 Å². The summed E-state index contributed by atoms with van der Waals surface area (Å²) in [6.45, 7) is 6.83. The fourth-order valence-corrected chi connectivity index (χ4v) is 5.87. The van der Waals surface area contributed by atoms with Gasteiger partial charge in [-0.05, 0) is 84.0 Å². The molecule has 252 valence electrons. The molecule has 0 aromatic carbocycles. The van der Waals surface area contributed by atoms with E-state index in [9.17, 15) is 0 Å². The van der Waals surface area contributed by atoms with E-state index in [0.717, 1.165) is 12.8 Å². The molecule has 1 heteroatoms. The standard InChI is InChI=1S/C42H79N/c1-4-6-8-10-12-14-16-18-20-22-24-26-28-30-32-34-36-38-40-42(3,43)41-39-37-35-33-31-29-27-25-23-21-19-17-15-13-11-9-7-5-2/h12-15,18-21H,4-11,16-17,22-41,43H2,1-3H3/b14-12-,15-13-,20-18-,21-19-. The molecule has 1 nitrogen and oxygen atoms in total. The van der Waals surface area contributed by atoms with Gasteiger partial charge in [-0.2, -0.15) is 0 Å². The topological polar surface area (TPSA) is 26.0 Å². The molecule has 0 saturated carbocycles. The highest BCUT2D eigenvalue weighted by atomic mass is 14.7. The monoisotopic (exact) mass is 598 g/mol. The fourth-order valence-electron chi connectivity index (χ4n) is 5.87. The molecule has 0 spiro atoms. The Balaban J connectivity index is 3.38. The first-order valence-electron chi connectivity index (χ1n) is 19.5. The Morgan fingerprint density at radius 3 is 0.907 bits per heavy atom. The van der Waals surface area contributed by atoms with Gasteiger partial charge in [-0.3, -0.25) is 0 Å². The number of allylic oxidation sites excluding steroid dienone is 8. The molecule has 0 aromatic heterocycles. The first-order valence-corrected chi connectivity index (χ1v) is 19.5. The van der Waals surface area contributed by atoms with Crippen molar-refractivity contribution in [1.82, 2.24) is 0 Å². The normalized spacial score (nSPS) is 12.7. The van der Waals surface area contributed by atoms with Crippen LogP contribution in [0.4, 0.5) is 0 Å². The van der Waals surface area contributed by atoms with Crippen molar-refractivity contribution in [2.45, 2.75) is 219 Å². The summed E-state index contributed by atoms with van der Waals surface area (Å²) in [5, 5.41) is 0. The minimum Gasteiger partial charge on any atom is -0.325 e. The van der Waals surface area contributed by atoms with Crippen LogP contribution in [-0.4, -0.2) is 5.54 Å². The van der Waals surface area contributed by atoms with E-state index < -0.39 is 0 Å². The Morgan fingerprint density at radius 1 is 0.349 bits per heavy atom. The summed E-state index contributed by atoms with van der Waals surface area (Å²) in [7, 11) is 0. The number of hydrogen-bond donors (Lipinski definition) is 1. The zero-order valence-corrected chi connectivity index (χ0v) is 29.9. The summed E-state index contributed by atoms with van der Waals surface area (Å²) in [4.78, 5) is 0. The van der Waals surface area contributed by atoms with Gasteiger partial charge in [0.05, 0.1) is 0 Å². The highest BCUT2D eigenvalue weighted by Crippen LogP contribution is 2.21. The van der Waals surface area contributed by atoms with Crippen molar-refractivity contribution in [3.63, 3.8) is 0 Å². The highest BCUT2D eigenvalue weighted by Gasteiger charge is 2.16. The third kappa shape index (κ3) is 37.0. The van der Waals surface area contributed by atoms with Crippen LogP contribution in [0.15, 0.2) is 48.6 Å². The van der Waals surface area contributed by atoms with E-state index in [0.29, 0.717) is 0 Å². The second-order valence-electron chi connectivity index (χ2n) is 13.7. The molecular formula is C42H79N. The van der Waals surface area contributed by atoms with E-state index >= 15 is 0 Å². The number of nitrogens with two attached hydrogens (primary N) is 1. The molecule has 0 fully saturated rings. The van der Waals surface area contributed by atoms with Crippen LogP contribution in [-0.2, 0) is 0 Å². The maximum atomic E-state index is 6.64. The van der Waals surface area contributed by atoms with Crippen molar-refractivity contribution < 1.29 is 0 Å². The third-order valence-corrected chi connectivity index (χ3v) is 8.90. The van der Waals surface area contributed by atoms with Crippen molar-refractivity contribution in [1.29, 1.82) is 0 Å². The first kappa shape index (κ1) is 41.9. The minimum absolute atomic E-state index is 0.0523. The Morgan fingerprint density at radius 2 is 0.605 bits per heavy atom. The Kier molecular flexibility index (Phi) is 34.5. The van der Waals surface area contributed by atoms with Crippen LogP contribution in [0.25, 0.3) is 0 Å². The average molecular weight is 598 g/mol. The van der Waals surface area contributed by atoms with Crippen molar-refractivity contribution in [3.8, 4) is 0 Å². The molecule has 0 bridgehead atoms. The molecule has 0 aliphatic heterocycles. The van der Waals surface area contributed by atoms with E-state index in [4.69, 9.17) is 5.73 Å². The van der Waals surface area contributed by atoms with Crippen molar-refractivity contribution in [2.75, 3.05) is 0 Å². The van der Waals surface area contributed by atoms with Crippen molar-refractivity contribution >= 4 is 0 Å². The number of rotatable bonds is 34. The van der Waals surface area contributed by atoms with E-state index in [-0.39, 0.29) is 5.54 Å². The predicted molar refractivity (Wildman–Crippen MR) is 199 cm³/mol. The predicted octanol–water partition coefficient (Wildman–Crippen LogP) is 14.7. The molecule has 0 heterocycles. The zero-order valence-electron chi connectivity index (χ0n) is 29.9. The molecule has 0 saturated heterocycles. The van der Waals surface area contributed by atoms with Gasteiger partial charge in [-0.25, -0.2) is 0 Å². The quantitative estimate of drug-likeness (QED) is 0.0579. The largest absolute Gasteiger partial charge is 0.325 e. The van der Waals surface area contributed by atoms with Gasteiger partial charge in [-0.15, -0.1) is 0 Å². The highest BCUT2D eigenvalue weighted by molar-refractivity contribution is 4.93. The molecule has 0 radical (unpaired) electrons. The summed E-state index contributed by atoms with van der Waals surface area (Å²) >= 11 is 0. The first-order chi connectivity index (χ1) is 21.1. The molecular weight excluding hydrogens is 518 g/mol. The van der Waals surface area contributed by atoms with Crippen LogP contribution >= 0.6 is 0 Å². The van der Waals surface area contributed by atoms with Crippen LogP contribution in [0, 0.1) is 0 Å². The molecule has 0 unspecified atom stereocenters. The second kappa shape index (κ2) is 35.4. The SMILES string of the molecule is CCCCC/C=C\C/C=C\CCCCCCCCCCC(C)(N)CCCCCCCCCC/C=C\C/C=C\CCCCC. The maximum absolute atomic E-state index is 6.64. The van der Waals surface area contributed by atoms with Gasteiger partial charge in [-0.1, -0.05) is 178 Å². The van der Waals surface area contributed by atoms with E-state index in [1.54, 1.807) is 0 Å². The van der Waals surface area contributed by atoms with Crippen LogP contribution in [0.2, 0.25) is 0 Å². The van der Waals surface area contributed by atoms with E-state index in [1.165, 1.54) is 180 Å². The molecule has 0 aliphatic rings. The van der Waals surface area contributed by atoms with Gasteiger partial charge in [0.1, 0.15) is 0 Å². The molecule has 0 atom stereocenters. The summed E-state index contributed by atoms with van der Waals surface area (Å²) < 4.78 is 0. The molecule has 0 aromatic rings. The van der Waals surface area contributed by atoms with Gasteiger partial charge in [0.15, 0.2) is 0 Å². The smallest absolute Gasteiger partial charge is 0.0125 e. The summed E-state index contributed by atoms with van der Waals surface area (Å²) in [6, 6.07) is 0. The lowest BCUT2D eigenvalue weighted by molar-refractivity contribution is 0.363. The molecule has 43 heavy (non-hydrogen) atoms. The van der Waals surface area contributed by atoms with Crippen LogP contribution in [0.1, 0.15) is 213 Å². The van der Waals surface area contributed by atoms with Gasteiger partial charge in [0.25, 0.3) is 0 Å². The maximum Gasteiger partial charge on any atom is 0.0125 e. The number of hydrogen-bond acceptors (Lipinski definition) is 1. The van der Waals surface area contributed by atoms with E-state index in [1.807, 2.05) is 0 Å². The summed E-state index contributed by atoms with van der Waals surface area (Å²) in [6.07, 6.45) is 58.7. The molecule has 0 amide bonds. The molecule has 2 N–H and O–H groups in total. The molecule has 0 aliphatic carbocycles. The lowest BCUT2D eigenvalue weighted by Crippen LogP contribution is -2.35. The van der Waals surface area contributed by atoms with Crippen molar-refractivity contribution in [3.05, 3.63) is 48.6 Å². The van der Waals surface area contributed by atoms with E-state index in [2.05, 4.69) is 69.4 Å². The zero-order chi connectivity index (χ0) is 31.4. The fraction of sp³-hybridized carbons (Fsp3) is 0.810. The Hall–Kier alpha value is -1.08.